The molecule has 0 spiro atoms. The lowest BCUT2D eigenvalue weighted by molar-refractivity contribution is 0.183. The highest BCUT2D eigenvalue weighted by atomic mass is 16.3. The average Bonchev–Trinajstić information content (AvgIpc) is 2.23. The summed E-state index contributed by atoms with van der Waals surface area (Å²) >= 11 is 0. The molecule has 1 aromatic rings. The maximum Gasteiger partial charge on any atom is 0.223 e. The molecule has 0 aromatic carbocycles. The van der Waals surface area contributed by atoms with Gasteiger partial charge in [-0.1, -0.05) is 0 Å². The molecule has 0 aliphatic rings. The van der Waals surface area contributed by atoms with Crippen LogP contribution in [0.1, 0.15) is 19.8 Å². The number of hydrazine groups is 1. The third kappa shape index (κ3) is 4.28. The first kappa shape index (κ1) is 12.5. The van der Waals surface area contributed by atoms with Crippen molar-refractivity contribution in [2.75, 3.05) is 23.0 Å². The summed E-state index contributed by atoms with van der Waals surface area (Å²) < 4.78 is 0. The van der Waals surface area contributed by atoms with Crippen LogP contribution in [0.4, 0.5) is 17.6 Å². The first-order valence-corrected chi connectivity index (χ1v) is 5.15. The van der Waals surface area contributed by atoms with Gasteiger partial charge in [0, 0.05) is 12.6 Å². The van der Waals surface area contributed by atoms with E-state index >= 15 is 0 Å². The van der Waals surface area contributed by atoms with Gasteiger partial charge in [-0.15, -0.1) is 0 Å². The quantitative estimate of drug-likeness (QED) is 0.261. The largest absolute Gasteiger partial charge is 0.393 e. The number of nitrogens with one attached hydrogen (secondary N) is 2. The highest BCUT2D eigenvalue weighted by Crippen LogP contribution is 2.11. The molecule has 0 bridgehead atoms. The van der Waals surface area contributed by atoms with Gasteiger partial charge in [-0.3, -0.25) is 0 Å². The van der Waals surface area contributed by atoms with E-state index in [-0.39, 0.29) is 12.1 Å². The van der Waals surface area contributed by atoms with Crippen molar-refractivity contribution in [2.45, 2.75) is 25.9 Å². The zero-order valence-corrected chi connectivity index (χ0v) is 9.27. The molecule has 90 valence electrons. The van der Waals surface area contributed by atoms with E-state index in [0.717, 1.165) is 12.8 Å². The predicted octanol–water partition coefficient (Wildman–Crippen LogP) is -0.0827. The average molecular weight is 226 g/mol. The molecule has 1 heterocycles. The molecule has 1 atom stereocenters. The number of nitrogens with zero attached hydrogens (tertiary/aromatic N) is 2. The van der Waals surface area contributed by atoms with Gasteiger partial charge in [0.1, 0.15) is 11.6 Å². The molecule has 1 rings (SSSR count). The van der Waals surface area contributed by atoms with Gasteiger partial charge in [-0.2, -0.15) is 9.97 Å². The smallest absolute Gasteiger partial charge is 0.223 e. The number of anilines is 3. The molecule has 0 saturated carbocycles. The van der Waals surface area contributed by atoms with Crippen LogP contribution in [0.3, 0.4) is 0 Å². The number of nitrogens with two attached hydrogens (primary N) is 2. The normalized spacial score (nSPS) is 12.2. The van der Waals surface area contributed by atoms with Crippen LogP contribution in [-0.2, 0) is 0 Å². The van der Waals surface area contributed by atoms with Crippen LogP contribution in [-0.4, -0.2) is 27.7 Å². The maximum absolute atomic E-state index is 9.08. The second kappa shape index (κ2) is 6.09. The van der Waals surface area contributed by atoms with Crippen molar-refractivity contribution < 1.29 is 5.11 Å². The number of aliphatic hydroxyl groups excluding tert-OH is 1. The minimum Gasteiger partial charge on any atom is -0.393 e. The van der Waals surface area contributed by atoms with Gasteiger partial charge in [0.25, 0.3) is 0 Å². The van der Waals surface area contributed by atoms with Gasteiger partial charge in [0.05, 0.1) is 6.10 Å². The minimum atomic E-state index is -0.279. The minimum absolute atomic E-state index is 0.161. The molecular formula is C9H18N6O. The van der Waals surface area contributed by atoms with Crippen LogP contribution in [0.5, 0.6) is 0 Å². The van der Waals surface area contributed by atoms with Crippen molar-refractivity contribution in [1.82, 2.24) is 9.97 Å². The van der Waals surface area contributed by atoms with Gasteiger partial charge in [0.2, 0.25) is 5.95 Å². The van der Waals surface area contributed by atoms with Crippen LogP contribution < -0.4 is 22.3 Å². The summed E-state index contributed by atoms with van der Waals surface area (Å²) in [5.74, 6) is 6.47. The zero-order chi connectivity index (χ0) is 12.0. The van der Waals surface area contributed by atoms with Crippen molar-refractivity contribution in [3.05, 3.63) is 6.07 Å². The first-order chi connectivity index (χ1) is 7.61. The van der Waals surface area contributed by atoms with E-state index in [1.807, 2.05) is 0 Å². The zero-order valence-electron chi connectivity index (χ0n) is 9.27. The molecule has 1 aromatic heterocycles. The van der Waals surface area contributed by atoms with E-state index in [9.17, 15) is 0 Å². The highest BCUT2D eigenvalue weighted by molar-refractivity contribution is 5.50. The van der Waals surface area contributed by atoms with Crippen molar-refractivity contribution in [2.24, 2.45) is 5.84 Å². The van der Waals surface area contributed by atoms with Crippen LogP contribution >= 0.6 is 0 Å². The summed E-state index contributed by atoms with van der Waals surface area (Å²) in [6.07, 6.45) is 1.32. The summed E-state index contributed by atoms with van der Waals surface area (Å²) in [5.41, 5.74) is 7.90. The maximum atomic E-state index is 9.08. The van der Waals surface area contributed by atoms with Crippen LogP contribution in [0, 0.1) is 0 Å². The molecule has 0 aliphatic heterocycles. The molecule has 16 heavy (non-hydrogen) atoms. The Balaban J connectivity index is 2.44. The number of hydrogen-bond acceptors (Lipinski definition) is 7. The third-order valence-corrected chi connectivity index (χ3v) is 2.00. The second-order valence-electron chi connectivity index (χ2n) is 3.56. The molecule has 7 N–H and O–H groups in total. The molecular weight excluding hydrogens is 208 g/mol. The number of aromatic nitrogens is 2. The number of hydrogen-bond donors (Lipinski definition) is 5. The standard InChI is InChI=1S/C9H18N6O/c1-6(16)3-2-4-12-7-5-8(15-11)14-9(10)13-7/h5-6,16H,2-4,11H2,1H3,(H4,10,12,13,14,15). The van der Waals surface area contributed by atoms with E-state index in [0.29, 0.717) is 18.2 Å². The SMILES string of the molecule is CC(O)CCCNc1cc(NN)nc(N)n1. The van der Waals surface area contributed by atoms with Gasteiger partial charge in [0.15, 0.2) is 0 Å². The lowest BCUT2D eigenvalue weighted by Gasteiger charge is -2.08. The van der Waals surface area contributed by atoms with Gasteiger partial charge in [-0.05, 0) is 19.8 Å². The summed E-state index contributed by atoms with van der Waals surface area (Å²) in [7, 11) is 0. The summed E-state index contributed by atoms with van der Waals surface area (Å²) in [6.45, 7) is 2.48. The van der Waals surface area contributed by atoms with Crippen molar-refractivity contribution in [3.63, 3.8) is 0 Å². The summed E-state index contributed by atoms with van der Waals surface area (Å²) in [4.78, 5) is 7.86. The van der Waals surface area contributed by atoms with E-state index in [4.69, 9.17) is 16.7 Å². The van der Waals surface area contributed by atoms with Gasteiger partial charge >= 0.3 is 0 Å². The first-order valence-electron chi connectivity index (χ1n) is 5.15. The fourth-order valence-corrected chi connectivity index (χ4v) is 1.24. The lowest BCUT2D eigenvalue weighted by Crippen LogP contribution is -2.13. The van der Waals surface area contributed by atoms with E-state index < -0.39 is 0 Å². The topological polar surface area (TPSA) is 122 Å². The van der Waals surface area contributed by atoms with Crippen LogP contribution in [0.15, 0.2) is 6.07 Å². The Kier molecular flexibility index (Phi) is 4.74. The molecule has 0 radical (unpaired) electrons. The fraction of sp³-hybridized carbons (Fsp3) is 0.556. The third-order valence-electron chi connectivity index (χ3n) is 2.00. The molecule has 0 amide bonds. The number of rotatable bonds is 6. The van der Waals surface area contributed by atoms with Crippen LogP contribution in [0.25, 0.3) is 0 Å². The second-order valence-corrected chi connectivity index (χ2v) is 3.56. The highest BCUT2D eigenvalue weighted by Gasteiger charge is 2.01. The predicted molar refractivity (Wildman–Crippen MR) is 63.7 cm³/mol. The molecule has 0 aliphatic carbocycles. The molecule has 7 heteroatoms. The van der Waals surface area contributed by atoms with Gasteiger partial charge < -0.3 is 21.6 Å². The summed E-state index contributed by atoms with van der Waals surface area (Å²) in [5, 5.41) is 12.2. The Morgan fingerprint density at radius 3 is 2.75 bits per heavy atom. The molecule has 0 fully saturated rings. The fourth-order valence-electron chi connectivity index (χ4n) is 1.24. The Morgan fingerprint density at radius 2 is 2.12 bits per heavy atom. The van der Waals surface area contributed by atoms with Gasteiger partial charge in [-0.25, -0.2) is 5.84 Å². The Bertz CT molecular complexity index is 330. The Morgan fingerprint density at radius 1 is 1.44 bits per heavy atom. The Hall–Kier alpha value is -1.60. The monoisotopic (exact) mass is 226 g/mol. The van der Waals surface area contributed by atoms with E-state index in [1.54, 1.807) is 13.0 Å². The van der Waals surface area contributed by atoms with E-state index in [2.05, 4.69) is 20.7 Å². The lowest BCUT2D eigenvalue weighted by atomic mass is 10.2. The van der Waals surface area contributed by atoms with Crippen molar-refractivity contribution in [1.29, 1.82) is 0 Å². The summed E-state index contributed by atoms with van der Waals surface area (Å²) in [6, 6.07) is 1.67. The van der Waals surface area contributed by atoms with Crippen molar-refractivity contribution >= 4 is 17.6 Å². The van der Waals surface area contributed by atoms with E-state index in [1.165, 1.54) is 0 Å². The number of nitrogen functional groups attached to an aromatic ring is 2. The number of aliphatic hydroxyl groups is 1. The Labute approximate surface area is 94.2 Å². The van der Waals surface area contributed by atoms with Crippen molar-refractivity contribution in [3.8, 4) is 0 Å². The molecule has 1 unspecified atom stereocenters. The van der Waals surface area contributed by atoms with Crippen LogP contribution in [0.2, 0.25) is 0 Å². The molecule has 0 saturated heterocycles. The molecule has 7 nitrogen and oxygen atoms in total.